The third kappa shape index (κ3) is 4.25. The zero-order valence-electron chi connectivity index (χ0n) is 25.6. The molecule has 3 heterocycles. The Labute approximate surface area is 279 Å². The van der Waals surface area contributed by atoms with Crippen molar-refractivity contribution in [1.29, 1.82) is 0 Å². The second-order valence-electron chi connectivity index (χ2n) is 12.0. The Bertz CT molecular complexity index is 2850. The molecular weight excluding hydrogens is 607 g/mol. The summed E-state index contributed by atoms with van der Waals surface area (Å²) in [4.78, 5) is 15.5. The van der Waals surface area contributed by atoms with Gasteiger partial charge >= 0.3 is 0 Å². The van der Waals surface area contributed by atoms with Crippen LogP contribution in [0.25, 0.3) is 98.2 Å². The van der Waals surface area contributed by atoms with Gasteiger partial charge in [0.1, 0.15) is 11.2 Å². The monoisotopic (exact) mass is 631 g/mol. The number of fused-ring (bicyclic) bond motifs is 7. The summed E-state index contributed by atoms with van der Waals surface area (Å²) < 4.78 is 9.07. The molecule has 0 bridgehead atoms. The lowest BCUT2D eigenvalue weighted by Gasteiger charge is -2.11. The van der Waals surface area contributed by atoms with E-state index in [1.165, 1.54) is 30.9 Å². The minimum absolute atomic E-state index is 0.610. The normalized spacial score (nSPS) is 11.8. The summed E-state index contributed by atoms with van der Waals surface area (Å²) in [5, 5.41) is 6.87. The van der Waals surface area contributed by atoms with E-state index in [0.29, 0.717) is 17.5 Å². The molecule has 0 amide bonds. The SMILES string of the molecule is c1ccc(-c2nc(-c3cccc4c3sc3ccccc34)nc(-c3ccc(-c4ccc5ccccc5c4)c4oc5ccccc5c34)n2)cc1. The van der Waals surface area contributed by atoms with Crippen LogP contribution < -0.4 is 0 Å². The van der Waals surface area contributed by atoms with Gasteiger partial charge in [-0.05, 0) is 52.7 Å². The van der Waals surface area contributed by atoms with Crippen molar-refractivity contribution in [3.8, 4) is 45.3 Å². The molecule has 48 heavy (non-hydrogen) atoms. The van der Waals surface area contributed by atoms with E-state index in [-0.39, 0.29) is 0 Å². The molecule has 0 aliphatic rings. The minimum atomic E-state index is 0.610. The summed E-state index contributed by atoms with van der Waals surface area (Å²) in [6.45, 7) is 0. The first-order valence-corrected chi connectivity index (χ1v) is 16.8. The first kappa shape index (κ1) is 27.0. The second-order valence-corrected chi connectivity index (χ2v) is 13.0. The molecule has 0 radical (unpaired) electrons. The predicted molar refractivity (Wildman–Crippen MR) is 199 cm³/mol. The zero-order chi connectivity index (χ0) is 31.6. The lowest BCUT2D eigenvalue weighted by molar-refractivity contribution is 0.670. The fourth-order valence-corrected chi connectivity index (χ4v) is 8.07. The Kier molecular flexibility index (Phi) is 6.01. The molecule has 10 aromatic rings. The molecule has 0 saturated carbocycles. The molecule has 5 heteroatoms. The van der Waals surface area contributed by atoms with Crippen molar-refractivity contribution in [1.82, 2.24) is 15.0 Å². The maximum Gasteiger partial charge on any atom is 0.165 e. The molecular formula is C43H25N3OS. The second kappa shape index (κ2) is 10.7. The van der Waals surface area contributed by atoms with Gasteiger partial charge in [-0.15, -0.1) is 11.3 Å². The molecule has 7 aromatic carbocycles. The third-order valence-electron chi connectivity index (χ3n) is 9.14. The number of rotatable bonds is 4. The van der Waals surface area contributed by atoms with Crippen molar-refractivity contribution < 1.29 is 4.42 Å². The van der Waals surface area contributed by atoms with Gasteiger partial charge in [0.15, 0.2) is 17.5 Å². The van der Waals surface area contributed by atoms with Crippen molar-refractivity contribution in [3.63, 3.8) is 0 Å². The number of furan rings is 1. The molecule has 0 aliphatic heterocycles. The Morgan fingerprint density at radius 1 is 0.438 bits per heavy atom. The lowest BCUT2D eigenvalue weighted by atomic mass is 9.96. The Hall–Kier alpha value is -6.17. The summed E-state index contributed by atoms with van der Waals surface area (Å²) in [5.74, 6) is 1.89. The van der Waals surface area contributed by atoms with Crippen LogP contribution in [0.15, 0.2) is 156 Å². The molecule has 0 fully saturated rings. The number of nitrogens with zero attached hydrogens (tertiary/aromatic N) is 3. The molecule has 3 aromatic heterocycles. The molecule has 0 aliphatic carbocycles. The highest BCUT2D eigenvalue weighted by molar-refractivity contribution is 7.26. The standard InChI is InChI=1S/C43H25N3OS/c1-2-12-27(13-3-1)41-44-42(46-43(45-41)35-18-10-17-32-31-15-7-9-20-37(31)48-40(32)35)34-24-23-30(29-22-21-26-11-4-5-14-28(26)25-29)39-38(34)33-16-6-8-19-36(33)47-39/h1-25H. The van der Waals surface area contributed by atoms with E-state index >= 15 is 0 Å². The van der Waals surface area contributed by atoms with Crippen LogP contribution in [0, 0.1) is 0 Å². The van der Waals surface area contributed by atoms with Gasteiger partial charge in [-0.1, -0.05) is 115 Å². The Morgan fingerprint density at radius 2 is 1.12 bits per heavy atom. The van der Waals surface area contributed by atoms with E-state index in [0.717, 1.165) is 49.8 Å². The van der Waals surface area contributed by atoms with E-state index in [1.807, 2.05) is 30.3 Å². The highest BCUT2D eigenvalue weighted by Crippen LogP contribution is 2.43. The van der Waals surface area contributed by atoms with Crippen LogP contribution in [-0.4, -0.2) is 15.0 Å². The van der Waals surface area contributed by atoms with Crippen LogP contribution >= 0.6 is 11.3 Å². The van der Waals surface area contributed by atoms with Gasteiger partial charge in [-0.2, -0.15) is 0 Å². The first-order chi connectivity index (χ1) is 23.8. The van der Waals surface area contributed by atoms with Crippen LogP contribution in [0.2, 0.25) is 0 Å². The van der Waals surface area contributed by atoms with E-state index in [2.05, 4.69) is 121 Å². The molecule has 0 atom stereocenters. The summed E-state index contributed by atoms with van der Waals surface area (Å²) >= 11 is 1.78. The smallest absolute Gasteiger partial charge is 0.165 e. The van der Waals surface area contributed by atoms with Gasteiger partial charge in [-0.3, -0.25) is 0 Å². The lowest BCUT2D eigenvalue weighted by Crippen LogP contribution is -2.00. The van der Waals surface area contributed by atoms with Crippen molar-refractivity contribution in [2.75, 3.05) is 0 Å². The van der Waals surface area contributed by atoms with Gasteiger partial charge in [0.05, 0.1) is 0 Å². The highest BCUT2D eigenvalue weighted by atomic mass is 32.1. The molecule has 0 spiro atoms. The molecule has 0 saturated heterocycles. The molecule has 0 N–H and O–H groups in total. The fraction of sp³-hybridized carbons (Fsp3) is 0. The highest BCUT2D eigenvalue weighted by Gasteiger charge is 2.21. The van der Waals surface area contributed by atoms with Gasteiger partial charge in [0.2, 0.25) is 0 Å². The number of hydrogen-bond acceptors (Lipinski definition) is 5. The first-order valence-electron chi connectivity index (χ1n) is 15.9. The quantitative estimate of drug-likeness (QED) is 0.194. The summed E-state index contributed by atoms with van der Waals surface area (Å²) in [5.41, 5.74) is 6.62. The van der Waals surface area contributed by atoms with Crippen LogP contribution in [0.3, 0.4) is 0 Å². The average molecular weight is 632 g/mol. The number of para-hydroxylation sites is 1. The van der Waals surface area contributed by atoms with Crippen LogP contribution in [0.1, 0.15) is 0 Å². The van der Waals surface area contributed by atoms with Crippen molar-refractivity contribution in [2.45, 2.75) is 0 Å². The van der Waals surface area contributed by atoms with E-state index in [4.69, 9.17) is 19.4 Å². The number of benzene rings is 7. The maximum absolute atomic E-state index is 6.66. The largest absolute Gasteiger partial charge is 0.455 e. The zero-order valence-corrected chi connectivity index (χ0v) is 26.4. The summed E-state index contributed by atoms with van der Waals surface area (Å²) in [6, 6.07) is 52.6. The fourth-order valence-electron chi connectivity index (χ4n) is 6.86. The predicted octanol–water partition coefficient (Wildman–Crippen LogP) is 12.0. The number of aromatic nitrogens is 3. The van der Waals surface area contributed by atoms with Gasteiger partial charge < -0.3 is 4.42 Å². The topological polar surface area (TPSA) is 51.8 Å². The van der Waals surface area contributed by atoms with Gasteiger partial charge in [0.25, 0.3) is 0 Å². The number of hydrogen-bond donors (Lipinski definition) is 0. The summed E-state index contributed by atoms with van der Waals surface area (Å²) in [7, 11) is 0. The van der Waals surface area contributed by atoms with E-state index < -0.39 is 0 Å². The Morgan fingerprint density at radius 3 is 2.02 bits per heavy atom. The minimum Gasteiger partial charge on any atom is -0.455 e. The summed E-state index contributed by atoms with van der Waals surface area (Å²) in [6.07, 6.45) is 0. The van der Waals surface area contributed by atoms with Crippen molar-refractivity contribution >= 4 is 64.2 Å². The van der Waals surface area contributed by atoms with Gasteiger partial charge in [0, 0.05) is 53.2 Å². The molecule has 224 valence electrons. The Balaban J connectivity index is 1.25. The molecule has 0 unspecified atom stereocenters. The van der Waals surface area contributed by atoms with E-state index in [9.17, 15) is 0 Å². The molecule has 10 rings (SSSR count). The third-order valence-corrected chi connectivity index (χ3v) is 10.4. The molecule has 4 nitrogen and oxygen atoms in total. The number of thiophene rings is 1. The van der Waals surface area contributed by atoms with Gasteiger partial charge in [-0.25, -0.2) is 15.0 Å². The van der Waals surface area contributed by atoms with Crippen molar-refractivity contribution in [3.05, 3.63) is 152 Å². The van der Waals surface area contributed by atoms with Crippen LogP contribution in [0.5, 0.6) is 0 Å². The maximum atomic E-state index is 6.66. The van der Waals surface area contributed by atoms with Crippen molar-refractivity contribution in [2.24, 2.45) is 0 Å². The van der Waals surface area contributed by atoms with Crippen LogP contribution in [-0.2, 0) is 0 Å². The van der Waals surface area contributed by atoms with Crippen LogP contribution in [0.4, 0.5) is 0 Å². The average Bonchev–Trinajstić information content (AvgIpc) is 3.74. The van der Waals surface area contributed by atoms with E-state index in [1.54, 1.807) is 11.3 Å².